The zero-order chi connectivity index (χ0) is 23.7. The Morgan fingerprint density at radius 2 is 1.91 bits per heavy atom. The molecule has 0 saturated carbocycles. The number of nitrogens with one attached hydrogen (secondary N) is 1. The molecular formula is C21H20F3NO6S. The maximum absolute atomic E-state index is 12.9. The van der Waals surface area contributed by atoms with Crippen LogP contribution in [0.25, 0.3) is 11.0 Å². The summed E-state index contributed by atoms with van der Waals surface area (Å²) in [5, 5.41) is 0.421. The number of aryl methyl sites for hydroxylation is 1. The molecule has 7 nitrogen and oxygen atoms in total. The maximum atomic E-state index is 12.9. The Labute approximate surface area is 182 Å². The van der Waals surface area contributed by atoms with Crippen molar-refractivity contribution in [3.05, 3.63) is 59.4 Å². The predicted molar refractivity (Wildman–Crippen MR) is 109 cm³/mol. The number of furan rings is 1. The molecule has 1 aromatic heterocycles. The van der Waals surface area contributed by atoms with Crippen LogP contribution in [-0.2, 0) is 14.8 Å². The molecule has 0 aliphatic rings. The Hall–Kier alpha value is -3.05. The summed E-state index contributed by atoms with van der Waals surface area (Å²) in [6, 6.07) is 8.26. The molecule has 1 atom stereocenters. The molecule has 11 heteroatoms. The van der Waals surface area contributed by atoms with Gasteiger partial charge in [0.25, 0.3) is 0 Å². The van der Waals surface area contributed by atoms with Gasteiger partial charge in [0.05, 0.1) is 11.5 Å². The molecule has 1 unspecified atom stereocenters. The maximum Gasteiger partial charge on any atom is 0.573 e. The van der Waals surface area contributed by atoms with Crippen LogP contribution in [-0.4, -0.2) is 27.4 Å². The lowest BCUT2D eigenvalue weighted by molar-refractivity contribution is -0.274. The van der Waals surface area contributed by atoms with Crippen LogP contribution >= 0.6 is 0 Å². The average Bonchev–Trinajstić information content (AvgIpc) is 3.03. The van der Waals surface area contributed by atoms with E-state index in [0.717, 1.165) is 12.1 Å². The smallest absolute Gasteiger partial charge is 0.460 e. The summed E-state index contributed by atoms with van der Waals surface area (Å²) in [6.45, 7) is 4.91. The molecule has 172 valence electrons. The first-order chi connectivity index (χ1) is 14.9. The first kappa shape index (κ1) is 23.6. The minimum Gasteiger partial charge on any atom is -0.460 e. The zero-order valence-corrected chi connectivity index (χ0v) is 18.1. The van der Waals surface area contributed by atoms with Crippen molar-refractivity contribution in [3.8, 4) is 5.75 Å². The van der Waals surface area contributed by atoms with Crippen molar-refractivity contribution in [2.45, 2.75) is 38.1 Å². The van der Waals surface area contributed by atoms with Gasteiger partial charge in [-0.25, -0.2) is 17.9 Å². The van der Waals surface area contributed by atoms with Gasteiger partial charge in [0, 0.05) is 17.0 Å². The quantitative estimate of drug-likeness (QED) is 0.495. The summed E-state index contributed by atoms with van der Waals surface area (Å²) in [5.74, 6) is -1.12. The lowest BCUT2D eigenvalue weighted by atomic mass is 10.1. The van der Waals surface area contributed by atoms with E-state index in [4.69, 9.17) is 9.15 Å². The number of esters is 1. The van der Waals surface area contributed by atoms with Gasteiger partial charge < -0.3 is 13.9 Å². The average molecular weight is 471 g/mol. The number of fused-ring (bicyclic) bond motifs is 1. The number of alkyl halides is 3. The van der Waals surface area contributed by atoms with E-state index in [-0.39, 0.29) is 22.8 Å². The highest BCUT2D eigenvalue weighted by atomic mass is 32.2. The van der Waals surface area contributed by atoms with Crippen molar-refractivity contribution in [1.82, 2.24) is 4.72 Å². The first-order valence-electron chi connectivity index (χ1n) is 9.49. The number of hydrogen-bond acceptors (Lipinski definition) is 6. The Bertz CT molecular complexity index is 1250. The Morgan fingerprint density at radius 3 is 2.56 bits per heavy atom. The highest BCUT2D eigenvalue weighted by Crippen LogP contribution is 2.30. The standard InChI is InChI=1S/C21H20F3NO6S/c1-4-29-20(26)19-12(2)17-11-16(8-9-18(17)30-19)32(27,28)25-13(3)14-6-5-7-15(10-14)31-21(22,23)24/h5-11,13,25H,4H2,1-3H3. The number of rotatable bonds is 7. The van der Waals surface area contributed by atoms with E-state index in [0.29, 0.717) is 16.5 Å². The summed E-state index contributed by atoms with van der Waals surface area (Å²) in [4.78, 5) is 11.9. The molecule has 1 heterocycles. The Balaban J connectivity index is 1.87. The van der Waals surface area contributed by atoms with Crippen molar-refractivity contribution in [2.75, 3.05) is 6.61 Å². The Kier molecular flexibility index (Phi) is 6.51. The summed E-state index contributed by atoms with van der Waals surface area (Å²) in [7, 11) is -4.06. The third-order valence-electron chi connectivity index (χ3n) is 4.60. The molecule has 3 aromatic rings. The van der Waals surface area contributed by atoms with Gasteiger partial charge >= 0.3 is 12.3 Å². The van der Waals surface area contributed by atoms with Gasteiger partial charge in [-0.15, -0.1) is 13.2 Å². The second-order valence-corrected chi connectivity index (χ2v) is 8.61. The molecule has 0 radical (unpaired) electrons. The SMILES string of the molecule is CCOC(=O)c1oc2ccc(S(=O)(=O)NC(C)c3cccc(OC(F)(F)F)c3)cc2c1C. The number of carbonyl (C=O) groups excluding carboxylic acids is 1. The van der Waals surface area contributed by atoms with Crippen molar-refractivity contribution in [2.24, 2.45) is 0 Å². The van der Waals surface area contributed by atoms with Crippen LogP contribution in [0.15, 0.2) is 51.8 Å². The van der Waals surface area contributed by atoms with Gasteiger partial charge in [-0.2, -0.15) is 0 Å². The molecule has 0 aliphatic carbocycles. The third kappa shape index (κ3) is 5.22. The van der Waals surface area contributed by atoms with Gasteiger partial charge in [0.2, 0.25) is 15.8 Å². The molecule has 0 spiro atoms. The second-order valence-electron chi connectivity index (χ2n) is 6.90. The fourth-order valence-corrected chi connectivity index (χ4v) is 4.37. The molecule has 0 saturated heterocycles. The number of benzene rings is 2. The van der Waals surface area contributed by atoms with Gasteiger partial charge in [0.15, 0.2) is 0 Å². The molecule has 32 heavy (non-hydrogen) atoms. The van der Waals surface area contributed by atoms with Crippen molar-refractivity contribution in [3.63, 3.8) is 0 Å². The van der Waals surface area contributed by atoms with E-state index in [9.17, 15) is 26.4 Å². The lowest BCUT2D eigenvalue weighted by Gasteiger charge is -2.16. The first-order valence-corrected chi connectivity index (χ1v) is 11.0. The molecule has 1 N–H and O–H groups in total. The summed E-state index contributed by atoms with van der Waals surface area (Å²) >= 11 is 0. The summed E-state index contributed by atoms with van der Waals surface area (Å²) < 4.78 is 79.9. The fraction of sp³-hybridized carbons (Fsp3) is 0.286. The Morgan fingerprint density at radius 1 is 1.19 bits per heavy atom. The fourth-order valence-electron chi connectivity index (χ4n) is 3.11. The third-order valence-corrected chi connectivity index (χ3v) is 6.14. The monoisotopic (exact) mass is 471 g/mol. The molecule has 0 aliphatic heterocycles. The number of carbonyl (C=O) groups is 1. The van der Waals surface area contributed by atoms with Crippen LogP contribution in [0.2, 0.25) is 0 Å². The molecule has 0 amide bonds. The van der Waals surface area contributed by atoms with Crippen LogP contribution in [0.4, 0.5) is 13.2 Å². The lowest BCUT2D eigenvalue weighted by Crippen LogP contribution is -2.27. The molecule has 0 bridgehead atoms. The van der Waals surface area contributed by atoms with Crippen LogP contribution in [0.5, 0.6) is 5.75 Å². The van der Waals surface area contributed by atoms with E-state index in [1.165, 1.54) is 37.3 Å². The zero-order valence-electron chi connectivity index (χ0n) is 17.3. The van der Waals surface area contributed by atoms with Crippen molar-refractivity contribution >= 4 is 27.0 Å². The van der Waals surface area contributed by atoms with Gasteiger partial charge in [0.1, 0.15) is 11.3 Å². The van der Waals surface area contributed by atoms with Crippen LogP contribution in [0.1, 0.15) is 41.6 Å². The van der Waals surface area contributed by atoms with Crippen LogP contribution < -0.4 is 9.46 Å². The minimum absolute atomic E-state index is 0.0146. The predicted octanol–water partition coefficient (Wildman–Crippen LogP) is 4.86. The van der Waals surface area contributed by atoms with Crippen LogP contribution in [0.3, 0.4) is 0 Å². The number of ether oxygens (including phenoxy) is 2. The van der Waals surface area contributed by atoms with E-state index in [2.05, 4.69) is 9.46 Å². The van der Waals surface area contributed by atoms with Gasteiger partial charge in [-0.1, -0.05) is 12.1 Å². The molecule has 3 rings (SSSR count). The van der Waals surface area contributed by atoms with Crippen molar-refractivity contribution in [1.29, 1.82) is 0 Å². The number of hydrogen-bond donors (Lipinski definition) is 1. The van der Waals surface area contributed by atoms with E-state index >= 15 is 0 Å². The highest BCUT2D eigenvalue weighted by molar-refractivity contribution is 7.89. The molecule has 0 fully saturated rings. The van der Waals surface area contributed by atoms with E-state index < -0.39 is 34.1 Å². The van der Waals surface area contributed by atoms with Gasteiger partial charge in [-0.3, -0.25) is 0 Å². The second kappa shape index (κ2) is 8.83. The largest absolute Gasteiger partial charge is 0.573 e. The van der Waals surface area contributed by atoms with E-state index in [1.54, 1.807) is 13.8 Å². The topological polar surface area (TPSA) is 94.8 Å². The molecular weight excluding hydrogens is 451 g/mol. The number of halogens is 3. The van der Waals surface area contributed by atoms with E-state index in [1.807, 2.05) is 0 Å². The summed E-state index contributed by atoms with van der Waals surface area (Å²) in [6.07, 6.45) is -4.86. The van der Waals surface area contributed by atoms with Crippen molar-refractivity contribution < 1.29 is 40.3 Å². The van der Waals surface area contributed by atoms with Crippen LogP contribution in [0, 0.1) is 6.92 Å². The minimum atomic E-state index is -4.86. The van der Waals surface area contributed by atoms with Gasteiger partial charge in [-0.05, 0) is 56.7 Å². The summed E-state index contributed by atoms with van der Waals surface area (Å²) in [5.41, 5.74) is 1.02. The normalized spacial score (nSPS) is 13.2. The molecule has 2 aromatic carbocycles. The number of sulfonamides is 1. The highest BCUT2D eigenvalue weighted by Gasteiger charge is 2.31.